The van der Waals surface area contributed by atoms with Gasteiger partial charge in [-0.3, -0.25) is 0 Å². The number of carbonyl (C=O) groups is 2. The standard InChI is InChI=1S/C11H15ClO2.C8H13ClO2/c12-10(13)14-11-4-7-1-8(5-11)3-9(2-7)6-11;1-8(11-7(9)10)5-3-2-4-6-8/h7-9H,1-6H2;2-6H2,1H3. The van der Waals surface area contributed by atoms with Gasteiger partial charge in [0.2, 0.25) is 0 Å². The summed E-state index contributed by atoms with van der Waals surface area (Å²) in [5.74, 6) is 2.41. The van der Waals surface area contributed by atoms with Gasteiger partial charge in [-0.25, -0.2) is 9.59 Å². The van der Waals surface area contributed by atoms with Crippen LogP contribution in [0.4, 0.5) is 9.59 Å². The lowest BCUT2D eigenvalue weighted by Crippen LogP contribution is -2.52. The second-order valence-electron chi connectivity index (χ2n) is 8.79. The van der Waals surface area contributed by atoms with Gasteiger partial charge in [-0.15, -0.1) is 0 Å². The lowest BCUT2D eigenvalue weighted by atomic mass is 9.54. The topological polar surface area (TPSA) is 52.6 Å². The molecule has 142 valence electrons. The van der Waals surface area contributed by atoms with Crippen molar-refractivity contribution < 1.29 is 19.1 Å². The number of hydrogen-bond acceptors (Lipinski definition) is 4. The quantitative estimate of drug-likeness (QED) is 0.510. The fourth-order valence-corrected chi connectivity index (χ4v) is 6.27. The van der Waals surface area contributed by atoms with Crippen LogP contribution in [0.5, 0.6) is 0 Å². The Morgan fingerprint density at radius 1 is 0.800 bits per heavy atom. The van der Waals surface area contributed by atoms with Gasteiger partial charge in [0.05, 0.1) is 0 Å². The highest BCUT2D eigenvalue weighted by Crippen LogP contribution is 2.57. The molecule has 4 bridgehead atoms. The lowest BCUT2D eigenvalue weighted by Gasteiger charge is -2.55. The highest BCUT2D eigenvalue weighted by atomic mass is 35.5. The molecule has 0 amide bonds. The van der Waals surface area contributed by atoms with E-state index in [4.69, 9.17) is 32.7 Å². The average molecular weight is 391 g/mol. The van der Waals surface area contributed by atoms with E-state index in [2.05, 4.69) is 0 Å². The molecule has 0 unspecified atom stereocenters. The van der Waals surface area contributed by atoms with Crippen molar-refractivity contribution in [3.8, 4) is 0 Å². The van der Waals surface area contributed by atoms with Gasteiger partial charge in [-0.2, -0.15) is 0 Å². The van der Waals surface area contributed by atoms with Crippen LogP contribution in [0.3, 0.4) is 0 Å². The van der Waals surface area contributed by atoms with Crippen molar-refractivity contribution >= 4 is 34.1 Å². The van der Waals surface area contributed by atoms with E-state index in [1.54, 1.807) is 0 Å². The van der Waals surface area contributed by atoms with Gasteiger partial charge >= 0.3 is 10.9 Å². The van der Waals surface area contributed by atoms with E-state index >= 15 is 0 Å². The number of rotatable bonds is 2. The molecule has 5 rings (SSSR count). The van der Waals surface area contributed by atoms with Crippen molar-refractivity contribution in [2.75, 3.05) is 0 Å². The molecular formula is C19H28Cl2O4. The molecule has 0 radical (unpaired) electrons. The second kappa shape index (κ2) is 7.64. The minimum Gasteiger partial charge on any atom is -0.447 e. The molecule has 4 nitrogen and oxygen atoms in total. The first-order valence-electron chi connectivity index (χ1n) is 9.54. The largest absolute Gasteiger partial charge is 0.447 e. The fraction of sp³-hybridized carbons (Fsp3) is 0.895. The van der Waals surface area contributed by atoms with Crippen molar-refractivity contribution in [2.24, 2.45) is 17.8 Å². The van der Waals surface area contributed by atoms with Gasteiger partial charge in [-0.1, -0.05) is 6.42 Å². The minimum atomic E-state index is -0.672. The third-order valence-electron chi connectivity index (χ3n) is 6.52. The predicted molar refractivity (Wildman–Crippen MR) is 97.1 cm³/mol. The maximum absolute atomic E-state index is 10.9. The molecule has 6 heteroatoms. The molecule has 0 aliphatic heterocycles. The lowest BCUT2D eigenvalue weighted by molar-refractivity contribution is -0.121. The zero-order valence-electron chi connectivity index (χ0n) is 14.9. The summed E-state index contributed by atoms with van der Waals surface area (Å²) in [5.41, 5.74) is -1.72. The Morgan fingerprint density at radius 3 is 1.64 bits per heavy atom. The van der Waals surface area contributed by atoms with E-state index in [0.717, 1.165) is 62.7 Å². The third-order valence-corrected chi connectivity index (χ3v) is 6.67. The molecule has 5 aliphatic rings. The molecule has 0 aromatic heterocycles. The smallest absolute Gasteiger partial charge is 0.404 e. The van der Waals surface area contributed by atoms with E-state index in [0.29, 0.717) is 0 Å². The molecule has 0 spiro atoms. The summed E-state index contributed by atoms with van der Waals surface area (Å²) < 4.78 is 10.4. The molecule has 0 heterocycles. The highest BCUT2D eigenvalue weighted by molar-refractivity contribution is 6.61. The predicted octanol–water partition coefficient (Wildman–Crippen LogP) is 6.42. The van der Waals surface area contributed by atoms with Crippen molar-refractivity contribution in [1.82, 2.24) is 0 Å². The van der Waals surface area contributed by atoms with Crippen molar-refractivity contribution in [2.45, 2.75) is 88.8 Å². The molecule has 5 saturated carbocycles. The Labute approximate surface area is 159 Å². The molecule has 5 aliphatic carbocycles. The van der Waals surface area contributed by atoms with Crippen LogP contribution in [0.25, 0.3) is 0 Å². The van der Waals surface area contributed by atoms with Crippen molar-refractivity contribution in [1.29, 1.82) is 0 Å². The van der Waals surface area contributed by atoms with E-state index in [9.17, 15) is 9.59 Å². The Bertz CT molecular complexity index is 478. The first-order valence-corrected chi connectivity index (χ1v) is 10.3. The number of ether oxygens (including phenoxy) is 2. The van der Waals surface area contributed by atoms with Gasteiger partial charge in [-0.05, 0) is 88.9 Å². The van der Waals surface area contributed by atoms with Crippen LogP contribution in [0.1, 0.15) is 77.6 Å². The normalized spacial score (nSPS) is 37.6. The number of halogens is 2. The van der Waals surface area contributed by atoms with E-state index in [1.807, 2.05) is 6.92 Å². The molecule has 0 saturated heterocycles. The Kier molecular flexibility index (Phi) is 5.89. The van der Waals surface area contributed by atoms with Crippen molar-refractivity contribution in [3.05, 3.63) is 0 Å². The van der Waals surface area contributed by atoms with Crippen molar-refractivity contribution in [3.63, 3.8) is 0 Å². The highest BCUT2D eigenvalue weighted by Gasteiger charge is 2.53. The van der Waals surface area contributed by atoms with Gasteiger partial charge in [0.1, 0.15) is 11.2 Å². The molecular weight excluding hydrogens is 363 g/mol. The molecule has 0 N–H and O–H groups in total. The van der Waals surface area contributed by atoms with Gasteiger partial charge in [0.25, 0.3) is 0 Å². The Balaban J connectivity index is 0.000000151. The Hall–Kier alpha value is -0.480. The fourth-order valence-electron chi connectivity index (χ4n) is 5.92. The molecule has 25 heavy (non-hydrogen) atoms. The summed E-state index contributed by atoms with van der Waals surface area (Å²) in [7, 11) is 0. The maximum Gasteiger partial charge on any atom is 0.404 e. The van der Waals surface area contributed by atoms with Crippen LogP contribution in [-0.4, -0.2) is 22.1 Å². The first kappa shape index (κ1) is 19.3. The van der Waals surface area contributed by atoms with Gasteiger partial charge < -0.3 is 9.47 Å². The third kappa shape index (κ3) is 5.03. The van der Waals surface area contributed by atoms with Gasteiger partial charge in [0, 0.05) is 23.2 Å². The summed E-state index contributed by atoms with van der Waals surface area (Å²) in [5, 5.41) is 0. The summed E-state index contributed by atoms with van der Waals surface area (Å²) >= 11 is 10.5. The van der Waals surface area contributed by atoms with Crippen LogP contribution in [0, 0.1) is 17.8 Å². The second-order valence-corrected chi connectivity index (χ2v) is 9.41. The van der Waals surface area contributed by atoms with Crippen LogP contribution in [0.15, 0.2) is 0 Å². The van der Waals surface area contributed by atoms with Crippen LogP contribution < -0.4 is 0 Å². The molecule has 5 fully saturated rings. The van der Waals surface area contributed by atoms with E-state index in [1.165, 1.54) is 25.7 Å². The SMILES string of the molecule is CC1(OC(=O)Cl)CCCCC1.O=C(Cl)OC12CC3CC(CC(C3)C1)C2. The molecule has 0 aromatic carbocycles. The number of carbonyl (C=O) groups excluding carboxylic acids is 2. The average Bonchev–Trinajstić information content (AvgIpc) is 2.44. The number of hydrogen-bond donors (Lipinski definition) is 0. The summed E-state index contributed by atoms with van der Waals surface area (Å²) in [4.78, 5) is 21.3. The molecule has 0 aromatic rings. The maximum atomic E-state index is 10.9. The first-order chi connectivity index (χ1) is 11.8. The summed E-state index contributed by atoms with van der Waals surface area (Å²) in [6, 6.07) is 0. The van der Waals surface area contributed by atoms with Crippen LogP contribution >= 0.6 is 23.2 Å². The van der Waals surface area contributed by atoms with E-state index in [-0.39, 0.29) is 11.2 Å². The van der Waals surface area contributed by atoms with Gasteiger partial charge in [0.15, 0.2) is 0 Å². The summed E-state index contributed by atoms with van der Waals surface area (Å²) in [6.45, 7) is 1.95. The molecule has 0 atom stereocenters. The monoisotopic (exact) mass is 390 g/mol. The zero-order chi connectivity index (χ0) is 18.1. The minimum absolute atomic E-state index is 0.159. The zero-order valence-corrected chi connectivity index (χ0v) is 16.4. The van der Waals surface area contributed by atoms with E-state index < -0.39 is 10.9 Å². The Morgan fingerprint density at radius 2 is 1.24 bits per heavy atom. The van der Waals surface area contributed by atoms with Crippen LogP contribution in [-0.2, 0) is 9.47 Å². The van der Waals surface area contributed by atoms with Crippen LogP contribution in [0.2, 0.25) is 0 Å². The summed E-state index contributed by atoms with van der Waals surface area (Å²) in [6.07, 6.45) is 12.7.